The van der Waals surface area contributed by atoms with Crippen LogP contribution in [-0.4, -0.2) is 27.4 Å². The van der Waals surface area contributed by atoms with Gasteiger partial charge in [0.05, 0.1) is 30.1 Å². The lowest BCUT2D eigenvalue weighted by atomic mass is 10.2. The molecule has 4 rings (SSSR count). The van der Waals surface area contributed by atoms with Crippen molar-refractivity contribution in [1.82, 2.24) is 14.3 Å². The summed E-state index contributed by atoms with van der Waals surface area (Å²) in [5, 5.41) is 6.03. The van der Waals surface area contributed by atoms with Crippen molar-refractivity contribution in [2.24, 2.45) is 0 Å². The van der Waals surface area contributed by atoms with E-state index in [9.17, 15) is 9.18 Å². The first-order valence-electron chi connectivity index (χ1n) is 9.32. The van der Waals surface area contributed by atoms with Crippen molar-refractivity contribution < 1.29 is 13.9 Å². The second-order valence-corrected chi connectivity index (χ2v) is 8.22. The molecule has 0 atom stereocenters. The van der Waals surface area contributed by atoms with Gasteiger partial charge in [0.25, 0.3) is 0 Å². The number of methoxy groups -OCH3 is 1. The normalized spacial score (nSPS) is 11.2. The number of fused-ring (bicyclic) bond motifs is 1. The molecule has 30 heavy (non-hydrogen) atoms. The summed E-state index contributed by atoms with van der Waals surface area (Å²) in [5.74, 6) is -1.31. The SMILES string of the molecule is CCn1cc(-n2c(C)c(Sc3ccc(F)c(C(=O)OC)c3)c3ccc(Cl)cc32)cn1. The number of benzene rings is 2. The molecule has 0 aliphatic rings. The van der Waals surface area contributed by atoms with E-state index in [-0.39, 0.29) is 5.56 Å². The van der Waals surface area contributed by atoms with Gasteiger partial charge >= 0.3 is 5.97 Å². The second kappa shape index (κ2) is 8.16. The molecule has 0 aliphatic carbocycles. The van der Waals surface area contributed by atoms with E-state index in [4.69, 9.17) is 11.6 Å². The van der Waals surface area contributed by atoms with Crippen molar-refractivity contribution in [1.29, 1.82) is 0 Å². The maximum Gasteiger partial charge on any atom is 0.340 e. The highest BCUT2D eigenvalue weighted by Gasteiger charge is 2.19. The molecule has 0 fully saturated rings. The molecule has 0 saturated carbocycles. The lowest BCUT2D eigenvalue weighted by molar-refractivity contribution is 0.0595. The van der Waals surface area contributed by atoms with Crippen LogP contribution in [0.4, 0.5) is 4.39 Å². The van der Waals surface area contributed by atoms with Crippen LogP contribution in [0.2, 0.25) is 5.02 Å². The summed E-state index contributed by atoms with van der Waals surface area (Å²) in [6.45, 7) is 4.82. The average molecular weight is 444 g/mol. The van der Waals surface area contributed by atoms with Crippen molar-refractivity contribution in [2.45, 2.75) is 30.2 Å². The first kappa shape index (κ1) is 20.5. The maximum absolute atomic E-state index is 14.0. The molecular weight excluding hydrogens is 425 g/mol. The number of halogens is 2. The molecule has 0 radical (unpaired) electrons. The molecule has 0 amide bonds. The van der Waals surface area contributed by atoms with E-state index < -0.39 is 11.8 Å². The van der Waals surface area contributed by atoms with Gasteiger partial charge in [-0.2, -0.15) is 5.10 Å². The lowest BCUT2D eigenvalue weighted by Crippen LogP contribution is -2.04. The molecule has 0 bridgehead atoms. The van der Waals surface area contributed by atoms with Crippen LogP contribution in [0.1, 0.15) is 23.0 Å². The molecule has 0 saturated heterocycles. The van der Waals surface area contributed by atoms with Crippen molar-refractivity contribution in [3.63, 3.8) is 0 Å². The van der Waals surface area contributed by atoms with E-state index in [1.54, 1.807) is 6.07 Å². The molecule has 0 aliphatic heterocycles. The van der Waals surface area contributed by atoms with Gasteiger partial charge < -0.3 is 9.30 Å². The molecule has 2 aromatic carbocycles. The van der Waals surface area contributed by atoms with Gasteiger partial charge in [-0.3, -0.25) is 4.68 Å². The van der Waals surface area contributed by atoms with Crippen LogP contribution in [0, 0.1) is 12.7 Å². The number of esters is 1. The third kappa shape index (κ3) is 3.59. The Morgan fingerprint density at radius 3 is 2.77 bits per heavy atom. The predicted molar refractivity (Wildman–Crippen MR) is 116 cm³/mol. The summed E-state index contributed by atoms with van der Waals surface area (Å²) in [6, 6.07) is 10.2. The summed E-state index contributed by atoms with van der Waals surface area (Å²) < 4.78 is 22.7. The van der Waals surface area contributed by atoms with Gasteiger partial charge in [0, 0.05) is 38.6 Å². The van der Waals surface area contributed by atoms with Crippen molar-refractivity contribution in [2.75, 3.05) is 7.11 Å². The Hall–Kier alpha value is -2.77. The monoisotopic (exact) mass is 443 g/mol. The van der Waals surface area contributed by atoms with Crippen LogP contribution in [-0.2, 0) is 11.3 Å². The largest absolute Gasteiger partial charge is 0.465 e. The molecule has 8 heteroatoms. The predicted octanol–water partition coefficient (Wildman–Crippen LogP) is 5.89. The topological polar surface area (TPSA) is 49.0 Å². The van der Waals surface area contributed by atoms with Crippen molar-refractivity contribution in [3.8, 4) is 5.69 Å². The van der Waals surface area contributed by atoms with Gasteiger partial charge in [0.15, 0.2) is 0 Å². The number of nitrogens with zero attached hydrogens (tertiary/aromatic N) is 3. The Balaban J connectivity index is 1.86. The van der Waals surface area contributed by atoms with E-state index >= 15 is 0 Å². The molecule has 2 aromatic heterocycles. The third-order valence-corrected chi connectivity index (χ3v) is 6.32. The highest BCUT2D eigenvalue weighted by molar-refractivity contribution is 7.99. The number of aromatic nitrogens is 3. The maximum atomic E-state index is 14.0. The molecule has 4 aromatic rings. The number of aryl methyl sites for hydroxylation is 1. The first-order valence-corrected chi connectivity index (χ1v) is 10.5. The van der Waals surface area contributed by atoms with E-state index in [1.165, 1.54) is 31.0 Å². The number of hydrogen-bond acceptors (Lipinski definition) is 4. The van der Waals surface area contributed by atoms with Gasteiger partial charge in [0.1, 0.15) is 5.82 Å². The van der Waals surface area contributed by atoms with E-state index in [2.05, 4.69) is 14.4 Å². The van der Waals surface area contributed by atoms with Crippen molar-refractivity contribution in [3.05, 3.63) is 70.9 Å². The fourth-order valence-corrected chi connectivity index (χ4v) is 4.65. The molecular formula is C22H19ClFN3O2S. The highest BCUT2D eigenvalue weighted by Crippen LogP contribution is 2.40. The summed E-state index contributed by atoms with van der Waals surface area (Å²) in [4.78, 5) is 13.6. The zero-order valence-corrected chi connectivity index (χ0v) is 18.2. The Labute approximate surface area is 182 Å². The molecule has 5 nitrogen and oxygen atoms in total. The molecule has 154 valence electrons. The fourth-order valence-electron chi connectivity index (χ4n) is 3.41. The summed E-state index contributed by atoms with van der Waals surface area (Å²) in [7, 11) is 1.24. The zero-order valence-electron chi connectivity index (χ0n) is 16.6. The number of carbonyl (C=O) groups excluding carboxylic acids is 1. The standard InChI is InChI=1S/C22H19ClFN3O2S/c1-4-26-12-15(11-25-26)27-13(2)21(17-7-5-14(23)9-20(17)27)30-16-6-8-19(24)18(10-16)22(28)29-3/h5-12H,4H2,1-3H3. The van der Waals surface area contributed by atoms with Gasteiger partial charge in [-0.1, -0.05) is 29.4 Å². The minimum atomic E-state index is -0.701. The minimum Gasteiger partial charge on any atom is -0.465 e. The number of ether oxygens (including phenoxy) is 1. The number of hydrogen-bond donors (Lipinski definition) is 0. The minimum absolute atomic E-state index is 0.0869. The molecule has 0 N–H and O–H groups in total. The fraction of sp³-hybridized carbons (Fsp3) is 0.182. The van der Waals surface area contributed by atoms with Gasteiger partial charge in [-0.25, -0.2) is 9.18 Å². The first-order chi connectivity index (χ1) is 14.4. The average Bonchev–Trinajstić information content (AvgIpc) is 3.31. The van der Waals surface area contributed by atoms with E-state index in [1.807, 2.05) is 49.1 Å². The van der Waals surface area contributed by atoms with Gasteiger partial charge in [-0.05, 0) is 44.2 Å². The highest BCUT2D eigenvalue weighted by atomic mass is 35.5. The number of rotatable bonds is 5. The summed E-state index contributed by atoms with van der Waals surface area (Å²) in [5.41, 5.74) is 2.80. The van der Waals surface area contributed by atoms with E-state index in [0.717, 1.165) is 38.6 Å². The molecule has 2 heterocycles. The number of carbonyl (C=O) groups is 1. The van der Waals surface area contributed by atoms with Crippen LogP contribution in [0.15, 0.2) is 58.6 Å². The van der Waals surface area contributed by atoms with Crippen LogP contribution in [0.5, 0.6) is 0 Å². The van der Waals surface area contributed by atoms with Crippen LogP contribution in [0.25, 0.3) is 16.6 Å². The lowest BCUT2D eigenvalue weighted by Gasteiger charge is -2.07. The van der Waals surface area contributed by atoms with Crippen LogP contribution >= 0.6 is 23.4 Å². The Morgan fingerprint density at radius 2 is 2.07 bits per heavy atom. The van der Waals surface area contributed by atoms with Gasteiger partial charge in [0.2, 0.25) is 0 Å². The van der Waals surface area contributed by atoms with Crippen molar-refractivity contribution >= 4 is 40.2 Å². The van der Waals surface area contributed by atoms with Crippen LogP contribution in [0.3, 0.4) is 0 Å². The second-order valence-electron chi connectivity index (χ2n) is 6.70. The molecule has 0 spiro atoms. The van der Waals surface area contributed by atoms with E-state index in [0.29, 0.717) is 5.02 Å². The van der Waals surface area contributed by atoms with Gasteiger partial charge in [-0.15, -0.1) is 0 Å². The Bertz CT molecular complexity index is 1260. The zero-order chi connectivity index (χ0) is 21.4. The smallest absolute Gasteiger partial charge is 0.340 e. The Kier molecular flexibility index (Phi) is 5.58. The van der Waals surface area contributed by atoms with Crippen LogP contribution < -0.4 is 0 Å². The quantitative estimate of drug-likeness (QED) is 0.361. The third-order valence-electron chi connectivity index (χ3n) is 4.87. The molecule has 0 unspecified atom stereocenters. The Morgan fingerprint density at radius 1 is 1.27 bits per heavy atom. The summed E-state index contributed by atoms with van der Waals surface area (Å²) >= 11 is 7.75. The summed E-state index contributed by atoms with van der Waals surface area (Å²) in [6.07, 6.45) is 3.80.